The van der Waals surface area contributed by atoms with Gasteiger partial charge < -0.3 is 19.9 Å². The van der Waals surface area contributed by atoms with E-state index in [1.807, 2.05) is 48.5 Å². The molecule has 3 rings (SSSR count). The fourth-order valence-corrected chi connectivity index (χ4v) is 5.32. The van der Waals surface area contributed by atoms with Gasteiger partial charge in [-0.05, 0) is 62.5 Å². The summed E-state index contributed by atoms with van der Waals surface area (Å²) in [5, 5.41) is 13.8. The summed E-state index contributed by atoms with van der Waals surface area (Å²) in [5.74, 6) is -0.198. The van der Waals surface area contributed by atoms with Crippen LogP contribution in [0.5, 0.6) is 0 Å². The average Bonchev–Trinajstić information content (AvgIpc) is 2.83. The Morgan fingerprint density at radius 1 is 0.973 bits per heavy atom. The molecule has 0 spiro atoms. The molecule has 202 valence electrons. The first-order chi connectivity index (χ1) is 17.4. The van der Waals surface area contributed by atoms with Crippen molar-refractivity contribution < 1.29 is 24.2 Å². The molecule has 6 heteroatoms. The molecule has 0 unspecified atom stereocenters. The first kappa shape index (κ1) is 28.7. The van der Waals surface area contributed by atoms with Crippen LogP contribution in [0.4, 0.5) is 4.79 Å². The highest BCUT2D eigenvalue weighted by atomic mass is 16.6. The predicted molar refractivity (Wildman–Crippen MR) is 145 cm³/mol. The average molecular weight is 510 g/mol. The topological polar surface area (TPSA) is 84.9 Å². The van der Waals surface area contributed by atoms with E-state index in [4.69, 9.17) is 9.47 Å². The van der Waals surface area contributed by atoms with E-state index in [0.717, 1.165) is 24.8 Å². The summed E-state index contributed by atoms with van der Waals surface area (Å²) in [6.07, 6.45) is 0.438. The summed E-state index contributed by atoms with van der Waals surface area (Å²) in [5.41, 5.74) is 1.16. The molecule has 2 aromatic carbocycles. The number of aliphatic hydroxyl groups excluding tert-OH is 1. The number of benzene rings is 2. The summed E-state index contributed by atoms with van der Waals surface area (Å²) in [4.78, 5) is 25.9. The largest absolute Gasteiger partial charge is 0.460 e. The zero-order valence-electron chi connectivity index (χ0n) is 23.1. The number of aliphatic hydroxyl groups is 1. The first-order valence-electron chi connectivity index (χ1n) is 13.3. The Morgan fingerprint density at radius 3 is 2.16 bits per heavy atom. The molecule has 1 aliphatic rings. The van der Waals surface area contributed by atoms with E-state index in [-0.39, 0.29) is 23.9 Å². The number of hydrogen-bond donors (Lipinski definition) is 2. The highest BCUT2D eigenvalue weighted by Gasteiger charge is 2.43. The van der Waals surface area contributed by atoms with Crippen LogP contribution in [-0.2, 0) is 26.1 Å². The van der Waals surface area contributed by atoms with Crippen LogP contribution in [0.1, 0.15) is 71.9 Å². The third-order valence-corrected chi connectivity index (χ3v) is 7.39. The number of rotatable bonds is 8. The summed E-state index contributed by atoms with van der Waals surface area (Å²) >= 11 is 0. The van der Waals surface area contributed by atoms with E-state index in [9.17, 15) is 14.7 Å². The van der Waals surface area contributed by atoms with Crippen molar-refractivity contribution in [3.63, 3.8) is 0 Å². The molecule has 0 heterocycles. The second-order valence-electron chi connectivity index (χ2n) is 12.0. The maximum Gasteiger partial charge on any atom is 0.407 e. The molecule has 0 radical (unpaired) electrons. The van der Waals surface area contributed by atoms with Crippen LogP contribution in [-0.4, -0.2) is 41.0 Å². The number of nitrogens with one attached hydrogen (secondary N) is 1. The van der Waals surface area contributed by atoms with Crippen LogP contribution in [0.2, 0.25) is 0 Å². The fraction of sp³-hybridized carbons (Fsp3) is 0.548. The lowest BCUT2D eigenvalue weighted by atomic mass is 9.64. The van der Waals surface area contributed by atoms with Crippen molar-refractivity contribution in [2.75, 3.05) is 0 Å². The van der Waals surface area contributed by atoms with Crippen LogP contribution in [0.25, 0.3) is 0 Å². The minimum absolute atomic E-state index is 0.105. The summed E-state index contributed by atoms with van der Waals surface area (Å²) in [7, 11) is 0. The molecule has 2 N–H and O–H groups in total. The van der Waals surface area contributed by atoms with Gasteiger partial charge in [-0.3, -0.25) is 0 Å². The Hall–Kier alpha value is -2.86. The SMILES string of the molecule is C[C@@H]1CC[C@@H](C(C)(C)c2ccccc2)[C@H](OC(=O)[C@@H](O)[C@@H](Cc2ccccc2)NC(=O)OC(C)(C)C)C1. The Kier molecular flexibility index (Phi) is 9.41. The van der Waals surface area contributed by atoms with Crippen molar-refractivity contribution >= 4 is 12.1 Å². The second kappa shape index (κ2) is 12.1. The highest BCUT2D eigenvalue weighted by molar-refractivity contribution is 5.77. The quantitative estimate of drug-likeness (QED) is 0.439. The summed E-state index contributed by atoms with van der Waals surface area (Å²) < 4.78 is 11.5. The molecule has 0 aliphatic heterocycles. The van der Waals surface area contributed by atoms with Crippen molar-refractivity contribution in [2.45, 2.75) is 96.5 Å². The number of hydrogen-bond acceptors (Lipinski definition) is 5. The maximum atomic E-state index is 13.4. The number of esters is 1. The van der Waals surface area contributed by atoms with E-state index in [1.54, 1.807) is 20.8 Å². The zero-order valence-corrected chi connectivity index (χ0v) is 23.1. The number of amides is 1. The van der Waals surface area contributed by atoms with Crippen LogP contribution in [0, 0.1) is 11.8 Å². The van der Waals surface area contributed by atoms with Crippen LogP contribution in [0.15, 0.2) is 60.7 Å². The third-order valence-electron chi connectivity index (χ3n) is 7.39. The van der Waals surface area contributed by atoms with Gasteiger partial charge in [0.25, 0.3) is 0 Å². The number of alkyl carbamates (subject to hydrolysis) is 1. The lowest BCUT2D eigenvalue weighted by molar-refractivity contribution is -0.168. The summed E-state index contributed by atoms with van der Waals surface area (Å²) in [6, 6.07) is 18.8. The van der Waals surface area contributed by atoms with Crippen LogP contribution < -0.4 is 5.32 Å². The van der Waals surface area contributed by atoms with Gasteiger partial charge in [0.2, 0.25) is 0 Å². The fourth-order valence-electron chi connectivity index (χ4n) is 5.32. The van der Waals surface area contributed by atoms with Crippen molar-refractivity contribution in [3.8, 4) is 0 Å². The molecule has 1 fully saturated rings. The third kappa shape index (κ3) is 8.06. The number of ether oxygens (including phenoxy) is 2. The van der Waals surface area contributed by atoms with Crippen molar-refractivity contribution in [3.05, 3.63) is 71.8 Å². The van der Waals surface area contributed by atoms with E-state index >= 15 is 0 Å². The smallest absolute Gasteiger partial charge is 0.407 e. The highest BCUT2D eigenvalue weighted by Crippen LogP contribution is 2.43. The molecule has 37 heavy (non-hydrogen) atoms. The van der Waals surface area contributed by atoms with Gasteiger partial charge in [0.1, 0.15) is 11.7 Å². The van der Waals surface area contributed by atoms with Gasteiger partial charge in [-0.25, -0.2) is 9.59 Å². The normalized spacial score (nSPS) is 22.0. The van der Waals surface area contributed by atoms with Crippen LogP contribution in [0.3, 0.4) is 0 Å². The van der Waals surface area contributed by atoms with Gasteiger partial charge in [-0.2, -0.15) is 0 Å². The van der Waals surface area contributed by atoms with Gasteiger partial charge in [0, 0.05) is 5.92 Å². The molecular formula is C31H43NO5. The van der Waals surface area contributed by atoms with E-state index < -0.39 is 29.8 Å². The molecule has 6 nitrogen and oxygen atoms in total. The van der Waals surface area contributed by atoms with Gasteiger partial charge >= 0.3 is 12.1 Å². The first-order valence-corrected chi connectivity index (χ1v) is 13.3. The van der Waals surface area contributed by atoms with Crippen LogP contribution >= 0.6 is 0 Å². The molecule has 0 saturated heterocycles. The Labute approximate surface area is 221 Å². The maximum absolute atomic E-state index is 13.4. The minimum atomic E-state index is -1.54. The number of carbonyl (C=O) groups excluding carboxylic acids is 2. The minimum Gasteiger partial charge on any atom is -0.460 e. The van der Waals surface area contributed by atoms with E-state index in [2.05, 4.69) is 38.2 Å². The number of carbonyl (C=O) groups is 2. The Balaban J connectivity index is 1.79. The van der Waals surface area contributed by atoms with Crippen molar-refractivity contribution in [2.24, 2.45) is 11.8 Å². The van der Waals surface area contributed by atoms with E-state index in [1.165, 1.54) is 5.56 Å². The Bertz CT molecular complexity index is 1010. The summed E-state index contributed by atoms with van der Waals surface area (Å²) in [6.45, 7) is 11.9. The molecule has 5 atom stereocenters. The van der Waals surface area contributed by atoms with E-state index in [0.29, 0.717) is 5.92 Å². The van der Waals surface area contributed by atoms with Gasteiger partial charge in [0.05, 0.1) is 6.04 Å². The van der Waals surface area contributed by atoms with Crippen molar-refractivity contribution in [1.82, 2.24) is 5.32 Å². The zero-order chi connectivity index (χ0) is 27.2. The van der Waals surface area contributed by atoms with Gasteiger partial charge in [-0.1, -0.05) is 87.9 Å². The predicted octanol–water partition coefficient (Wildman–Crippen LogP) is 5.81. The molecule has 0 bridgehead atoms. The molecule has 1 aliphatic carbocycles. The molecule has 0 aromatic heterocycles. The lowest BCUT2D eigenvalue weighted by Gasteiger charge is -2.44. The second-order valence-corrected chi connectivity index (χ2v) is 12.0. The molecule has 2 aromatic rings. The lowest BCUT2D eigenvalue weighted by Crippen LogP contribution is -2.52. The molecular weight excluding hydrogens is 466 g/mol. The van der Waals surface area contributed by atoms with Gasteiger partial charge in [0.15, 0.2) is 6.10 Å². The molecule has 1 saturated carbocycles. The van der Waals surface area contributed by atoms with Crippen molar-refractivity contribution in [1.29, 1.82) is 0 Å². The van der Waals surface area contributed by atoms with Gasteiger partial charge in [-0.15, -0.1) is 0 Å². The monoisotopic (exact) mass is 509 g/mol. The Morgan fingerprint density at radius 2 is 1.57 bits per heavy atom. The molecule has 1 amide bonds. The standard InChI is InChI=1S/C31H43NO5/c1-21-17-18-24(31(5,6)23-15-11-8-12-16-23)26(19-21)36-28(34)27(33)25(20-22-13-9-7-10-14-22)32-29(35)37-30(2,3)4/h7-16,21,24-27,33H,17-20H2,1-6H3,(H,32,35)/t21-,24-,25-,26-,27+/m1/s1.